The average molecular weight is 222 g/mol. The number of allylic oxidation sites excluding steroid dienone is 2. The van der Waals surface area contributed by atoms with Gasteiger partial charge in [-0.05, 0) is 46.0 Å². The summed E-state index contributed by atoms with van der Waals surface area (Å²) in [6.07, 6.45) is 2.06. The summed E-state index contributed by atoms with van der Waals surface area (Å²) in [4.78, 5) is 0. The monoisotopic (exact) mass is 222 g/mol. The molecule has 0 radical (unpaired) electrons. The molecule has 0 unspecified atom stereocenters. The molecule has 1 aliphatic carbocycles. The SMILES string of the molecule is C=C1C(c2ccccc2)=Cc2ccc(F)cc21. The van der Waals surface area contributed by atoms with E-state index in [2.05, 4.69) is 12.7 Å². The number of benzene rings is 2. The first kappa shape index (κ1) is 10.0. The van der Waals surface area contributed by atoms with E-state index in [4.69, 9.17) is 0 Å². The summed E-state index contributed by atoms with van der Waals surface area (Å²) in [5.41, 5.74) is 5.02. The molecule has 0 N–H and O–H groups in total. The lowest BCUT2D eigenvalue weighted by molar-refractivity contribution is 0.627. The summed E-state index contributed by atoms with van der Waals surface area (Å²) in [6, 6.07) is 14.9. The van der Waals surface area contributed by atoms with Crippen LogP contribution in [0.3, 0.4) is 0 Å². The van der Waals surface area contributed by atoms with E-state index in [-0.39, 0.29) is 5.82 Å². The van der Waals surface area contributed by atoms with Gasteiger partial charge >= 0.3 is 0 Å². The Morgan fingerprint density at radius 1 is 0.941 bits per heavy atom. The van der Waals surface area contributed by atoms with E-state index in [9.17, 15) is 4.39 Å². The van der Waals surface area contributed by atoms with Crippen LogP contribution < -0.4 is 0 Å². The van der Waals surface area contributed by atoms with Gasteiger partial charge in [-0.15, -0.1) is 0 Å². The lowest BCUT2D eigenvalue weighted by atomic mass is 9.99. The lowest BCUT2D eigenvalue weighted by Gasteiger charge is -2.05. The Kier molecular flexibility index (Phi) is 2.19. The molecule has 3 rings (SSSR count). The molecule has 2 aromatic carbocycles. The van der Waals surface area contributed by atoms with E-state index in [0.717, 1.165) is 27.8 Å². The molecule has 0 atom stereocenters. The highest BCUT2D eigenvalue weighted by Gasteiger charge is 2.18. The Labute approximate surface area is 99.7 Å². The van der Waals surface area contributed by atoms with Crippen molar-refractivity contribution in [2.24, 2.45) is 0 Å². The van der Waals surface area contributed by atoms with E-state index in [0.29, 0.717) is 0 Å². The van der Waals surface area contributed by atoms with Crippen molar-refractivity contribution in [3.8, 4) is 0 Å². The Balaban J connectivity index is 2.11. The summed E-state index contributed by atoms with van der Waals surface area (Å²) >= 11 is 0. The van der Waals surface area contributed by atoms with Gasteiger partial charge in [0.2, 0.25) is 0 Å². The zero-order valence-electron chi connectivity index (χ0n) is 9.28. The second kappa shape index (κ2) is 3.70. The zero-order valence-corrected chi connectivity index (χ0v) is 9.28. The predicted octanol–water partition coefficient (Wildman–Crippen LogP) is 4.39. The third kappa shape index (κ3) is 1.60. The summed E-state index contributed by atoms with van der Waals surface area (Å²) in [7, 11) is 0. The van der Waals surface area contributed by atoms with Crippen LogP contribution in [0.25, 0.3) is 17.2 Å². The average Bonchev–Trinajstić information content (AvgIpc) is 2.68. The van der Waals surface area contributed by atoms with Gasteiger partial charge in [-0.3, -0.25) is 0 Å². The van der Waals surface area contributed by atoms with Gasteiger partial charge in [0.05, 0.1) is 0 Å². The van der Waals surface area contributed by atoms with Gasteiger partial charge in [-0.25, -0.2) is 4.39 Å². The smallest absolute Gasteiger partial charge is 0.123 e. The number of hydrogen-bond acceptors (Lipinski definition) is 0. The van der Waals surface area contributed by atoms with Crippen LogP contribution in [-0.4, -0.2) is 0 Å². The van der Waals surface area contributed by atoms with Crippen molar-refractivity contribution in [3.63, 3.8) is 0 Å². The first-order chi connectivity index (χ1) is 8.25. The highest BCUT2D eigenvalue weighted by Crippen LogP contribution is 2.39. The summed E-state index contributed by atoms with van der Waals surface area (Å²) < 4.78 is 13.2. The van der Waals surface area contributed by atoms with Gasteiger partial charge in [-0.1, -0.05) is 43.0 Å². The van der Waals surface area contributed by atoms with Gasteiger partial charge in [0.15, 0.2) is 0 Å². The largest absolute Gasteiger partial charge is 0.207 e. The van der Waals surface area contributed by atoms with Crippen molar-refractivity contribution >= 4 is 17.2 Å². The van der Waals surface area contributed by atoms with Gasteiger partial charge in [-0.2, -0.15) is 0 Å². The molecule has 1 aliphatic rings. The second-order valence-electron chi connectivity index (χ2n) is 4.13. The number of hydrogen-bond donors (Lipinski definition) is 0. The Hall–Kier alpha value is -2.15. The van der Waals surface area contributed by atoms with E-state index in [1.807, 2.05) is 30.3 Å². The predicted molar refractivity (Wildman–Crippen MR) is 69.7 cm³/mol. The quantitative estimate of drug-likeness (QED) is 0.671. The fourth-order valence-electron chi connectivity index (χ4n) is 2.18. The zero-order chi connectivity index (χ0) is 11.8. The van der Waals surface area contributed by atoms with Crippen molar-refractivity contribution in [2.45, 2.75) is 0 Å². The fraction of sp³-hybridized carbons (Fsp3) is 0. The molecule has 0 nitrogen and oxygen atoms in total. The van der Waals surface area contributed by atoms with Crippen LogP contribution >= 0.6 is 0 Å². The third-order valence-corrected chi connectivity index (χ3v) is 3.05. The van der Waals surface area contributed by atoms with Crippen molar-refractivity contribution in [3.05, 3.63) is 77.6 Å². The van der Waals surface area contributed by atoms with Crippen molar-refractivity contribution in [1.82, 2.24) is 0 Å². The number of rotatable bonds is 1. The van der Waals surface area contributed by atoms with Crippen LogP contribution in [0.4, 0.5) is 4.39 Å². The molecule has 0 saturated carbocycles. The minimum absolute atomic E-state index is 0.215. The second-order valence-corrected chi connectivity index (χ2v) is 4.13. The lowest BCUT2D eigenvalue weighted by Crippen LogP contribution is -1.85. The van der Waals surface area contributed by atoms with Gasteiger partial charge in [0.25, 0.3) is 0 Å². The maximum atomic E-state index is 13.2. The summed E-state index contributed by atoms with van der Waals surface area (Å²) in [6.45, 7) is 4.06. The molecule has 1 heteroatoms. The fourth-order valence-corrected chi connectivity index (χ4v) is 2.18. The van der Waals surface area contributed by atoms with Crippen LogP contribution in [-0.2, 0) is 0 Å². The Bertz CT molecular complexity index is 621. The summed E-state index contributed by atoms with van der Waals surface area (Å²) in [5.74, 6) is -0.215. The molecule has 0 bridgehead atoms. The van der Waals surface area contributed by atoms with Gasteiger partial charge in [0, 0.05) is 0 Å². The molecular weight excluding hydrogens is 211 g/mol. The molecule has 0 amide bonds. The van der Waals surface area contributed by atoms with Crippen molar-refractivity contribution < 1.29 is 4.39 Å². The van der Waals surface area contributed by atoms with E-state index in [1.165, 1.54) is 6.07 Å². The van der Waals surface area contributed by atoms with Crippen LogP contribution in [0.15, 0.2) is 55.1 Å². The van der Waals surface area contributed by atoms with Gasteiger partial charge in [0.1, 0.15) is 5.82 Å². The molecule has 17 heavy (non-hydrogen) atoms. The molecule has 0 aliphatic heterocycles. The van der Waals surface area contributed by atoms with Crippen LogP contribution in [0.1, 0.15) is 16.7 Å². The number of halogens is 1. The molecule has 0 fully saturated rings. The Morgan fingerprint density at radius 2 is 1.71 bits per heavy atom. The standard InChI is InChI=1S/C16H11F/c1-11-15(12-5-3-2-4-6-12)9-13-7-8-14(17)10-16(11)13/h2-10H,1H2. The van der Waals surface area contributed by atoms with Gasteiger partial charge < -0.3 is 0 Å². The van der Waals surface area contributed by atoms with E-state index < -0.39 is 0 Å². The third-order valence-electron chi connectivity index (χ3n) is 3.05. The topological polar surface area (TPSA) is 0 Å². The minimum atomic E-state index is -0.215. The summed E-state index contributed by atoms with van der Waals surface area (Å²) in [5, 5.41) is 0. The number of fused-ring (bicyclic) bond motifs is 1. The molecule has 0 saturated heterocycles. The first-order valence-electron chi connectivity index (χ1n) is 5.52. The van der Waals surface area contributed by atoms with Crippen LogP contribution in [0.2, 0.25) is 0 Å². The molecule has 0 heterocycles. The normalized spacial score (nSPS) is 13.5. The molecule has 0 spiro atoms. The van der Waals surface area contributed by atoms with E-state index >= 15 is 0 Å². The molecule has 2 aromatic rings. The molecule has 0 aromatic heterocycles. The minimum Gasteiger partial charge on any atom is -0.207 e. The van der Waals surface area contributed by atoms with E-state index in [1.54, 1.807) is 12.1 Å². The van der Waals surface area contributed by atoms with Crippen LogP contribution in [0, 0.1) is 5.82 Å². The van der Waals surface area contributed by atoms with Crippen molar-refractivity contribution in [1.29, 1.82) is 0 Å². The first-order valence-corrected chi connectivity index (χ1v) is 5.52. The molecule has 82 valence electrons. The molecular formula is C16H11F. The maximum Gasteiger partial charge on any atom is 0.123 e. The van der Waals surface area contributed by atoms with Crippen LogP contribution in [0.5, 0.6) is 0 Å². The highest BCUT2D eigenvalue weighted by molar-refractivity contribution is 6.16. The van der Waals surface area contributed by atoms with Crippen molar-refractivity contribution in [2.75, 3.05) is 0 Å². The Morgan fingerprint density at radius 3 is 2.47 bits per heavy atom. The highest BCUT2D eigenvalue weighted by atomic mass is 19.1. The maximum absolute atomic E-state index is 13.2.